The molecule has 0 aliphatic rings. The average Bonchev–Trinajstić information content (AvgIpc) is 2.71. The monoisotopic (exact) mass is 421 g/mol. The highest BCUT2D eigenvalue weighted by molar-refractivity contribution is 8.00. The molecule has 0 aliphatic heterocycles. The Bertz CT molecular complexity index is 869. The lowest BCUT2D eigenvalue weighted by molar-refractivity contribution is -0.115. The number of ether oxygens (including phenoxy) is 2. The number of halogens is 1. The molecule has 0 unspecified atom stereocenters. The van der Waals surface area contributed by atoms with E-state index in [1.807, 2.05) is 19.1 Å². The fourth-order valence-electron chi connectivity index (χ4n) is 2.39. The molecular weight excluding hydrogens is 402 g/mol. The van der Waals surface area contributed by atoms with E-state index >= 15 is 0 Å². The third kappa shape index (κ3) is 5.50. The number of carbonyl (C=O) groups excluding carboxylic acids is 3. The van der Waals surface area contributed by atoms with Crippen LogP contribution in [0.2, 0.25) is 5.02 Å². The quantitative estimate of drug-likeness (QED) is 0.526. The van der Waals surface area contributed by atoms with Crippen molar-refractivity contribution in [2.75, 3.05) is 19.5 Å². The molecule has 0 radical (unpaired) electrons. The zero-order valence-electron chi connectivity index (χ0n) is 15.7. The molecule has 0 heterocycles. The Morgan fingerprint density at radius 2 is 1.68 bits per heavy atom. The highest BCUT2D eigenvalue weighted by atomic mass is 35.5. The molecule has 0 fully saturated rings. The van der Waals surface area contributed by atoms with Crippen LogP contribution in [0.5, 0.6) is 0 Å². The molecule has 0 aromatic heterocycles. The third-order valence-corrected chi connectivity index (χ3v) is 5.49. The van der Waals surface area contributed by atoms with E-state index in [1.54, 1.807) is 12.1 Å². The Morgan fingerprint density at radius 1 is 1.04 bits per heavy atom. The van der Waals surface area contributed by atoms with E-state index in [-0.39, 0.29) is 22.7 Å². The summed E-state index contributed by atoms with van der Waals surface area (Å²) >= 11 is 7.28. The van der Waals surface area contributed by atoms with Gasteiger partial charge in [0.25, 0.3) is 0 Å². The van der Waals surface area contributed by atoms with Gasteiger partial charge in [0.05, 0.1) is 36.3 Å². The van der Waals surface area contributed by atoms with Crippen LogP contribution in [0, 0.1) is 0 Å². The Balaban J connectivity index is 2.27. The molecule has 0 spiro atoms. The second-order valence-electron chi connectivity index (χ2n) is 5.70. The lowest BCUT2D eigenvalue weighted by Gasteiger charge is -2.17. The first-order valence-corrected chi connectivity index (χ1v) is 9.69. The summed E-state index contributed by atoms with van der Waals surface area (Å²) in [6, 6.07) is 11.4. The van der Waals surface area contributed by atoms with E-state index < -0.39 is 17.2 Å². The van der Waals surface area contributed by atoms with Crippen LogP contribution >= 0.6 is 23.4 Å². The fourth-order valence-corrected chi connectivity index (χ4v) is 3.47. The Kier molecular flexibility index (Phi) is 7.90. The Labute approximate surface area is 172 Å². The van der Waals surface area contributed by atoms with Gasteiger partial charge in [0.2, 0.25) is 5.91 Å². The molecule has 0 aliphatic carbocycles. The van der Waals surface area contributed by atoms with Crippen LogP contribution in [0.1, 0.15) is 34.1 Å². The van der Waals surface area contributed by atoms with E-state index in [4.69, 9.17) is 21.1 Å². The molecule has 0 bridgehead atoms. The number of anilines is 1. The number of rotatable bonds is 7. The van der Waals surface area contributed by atoms with E-state index in [1.165, 1.54) is 44.2 Å². The number of hydrogen-bond donors (Lipinski definition) is 1. The van der Waals surface area contributed by atoms with Crippen molar-refractivity contribution in [3.63, 3.8) is 0 Å². The van der Waals surface area contributed by atoms with E-state index in [9.17, 15) is 14.4 Å². The standard InChI is InChI=1S/C20H20ClNO5S/c1-4-17(28-14-8-6-13(21)7-9-14)18(23)22-16-11-12(19(24)26-2)5-10-15(16)20(25)27-3/h5-11,17H,4H2,1-3H3,(H,22,23)/t17-/m1/s1. The number of esters is 2. The zero-order valence-corrected chi connectivity index (χ0v) is 17.2. The lowest BCUT2D eigenvalue weighted by Crippen LogP contribution is -2.26. The maximum Gasteiger partial charge on any atom is 0.339 e. The fraction of sp³-hybridized carbons (Fsp3) is 0.250. The van der Waals surface area contributed by atoms with Crippen LogP contribution in [0.4, 0.5) is 5.69 Å². The van der Waals surface area contributed by atoms with Gasteiger partial charge in [0.15, 0.2) is 0 Å². The van der Waals surface area contributed by atoms with Crippen LogP contribution < -0.4 is 5.32 Å². The van der Waals surface area contributed by atoms with Gasteiger partial charge in [-0.05, 0) is 48.9 Å². The molecule has 1 amide bonds. The zero-order chi connectivity index (χ0) is 20.7. The van der Waals surface area contributed by atoms with Gasteiger partial charge in [-0.2, -0.15) is 0 Å². The van der Waals surface area contributed by atoms with Crippen LogP contribution in [-0.4, -0.2) is 37.3 Å². The second-order valence-corrected chi connectivity index (χ2v) is 7.41. The highest BCUT2D eigenvalue weighted by Gasteiger charge is 2.22. The van der Waals surface area contributed by atoms with Gasteiger partial charge in [-0.3, -0.25) is 4.79 Å². The summed E-state index contributed by atoms with van der Waals surface area (Å²) in [6.07, 6.45) is 0.559. The van der Waals surface area contributed by atoms with Crippen LogP contribution in [0.15, 0.2) is 47.4 Å². The Hall–Kier alpha value is -2.51. The summed E-state index contributed by atoms with van der Waals surface area (Å²) in [5, 5.41) is 2.94. The number of nitrogens with one attached hydrogen (secondary N) is 1. The summed E-state index contributed by atoms with van der Waals surface area (Å²) in [6.45, 7) is 1.89. The largest absolute Gasteiger partial charge is 0.465 e. The molecule has 2 rings (SSSR count). The van der Waals surface area contributed by atoms with Gasteiger partial charge in [0, 0.05) is 9.92 Å². The molecule has 148 valence electrons. The minimum atomic E-state index is -0.620. The maximum absolute atomic E-state index is 12.8. The van der Waals surface area contributed by atoms with Crippen molar-refractivity contribution in [1.82, 2.24) is 0 Å². The van der Waals surface area contributed by atoms with Crippen molar-refractivity contribution >= 4 is 46.9 Å². The molecule has 0 saturated carbocycles. The average molecular weight is 422 g/mol. The van der Waals surface area contributed by atoms with Crippen LogP contribution in [-0.2, 0) is 14.3 Å². The number of methoxy groups -OCH3 is 2. The van der Waals surface area contributed by atoms with Gasteiger partial charge in [0.1, 0.15) is 0 Å². The van der Waals surface area contributed by atoms with Crippen molar-refractivity contribution in [3.05, 3.63) is 58.6 Å². The first kappa shape index (κ1) is 21.8. The molecule has 2 aromatic carbocycles. The van der Waals surface area contributed by atoms with E-state index in [0.29, 0.717) is 11.4 Å². The van der Waals surface area contributed by atoms with Crippen molar-refractivity contribution < 1.29 is 23.9 Å². The summed E-state index contributed by atoms with van der Waals surface area (Å²) in [5.41, 5.74) is 0.550. The van der Waals surface area contributed by atoms with Crippen molar-refractivity contribution in [1.29, 1.82) is 0 Å². The van der Waals surface area contributed by atoms with Crippen molar-refractivity contribution in [2.24, 2.45) is 0 Å². The topological polar surface area (TPSA) is 81.7 Å². The second kappa shape index (κ2) is 10.1. The summed E-state index contributed by atoms with van der Waals surface area (Å²) in [4.78, 5) is 37.5. The Morgan fingerprint density at radius 3 is 2.25 bits per heavy atom. The summed E-state index contributed by atoms with van der Waals surface area (Å²) in [5.74, 6) is -1.49. The predicted octanol–water partition coefficient (Wildman–Crippen LogP) is 4.42. The SMILES string of the molecule is CC[C@@H](Sc1ccc(Cl)cc1)C(=O)Nc1cc(C(=O)OC)ccc1C(=O)OC. The number of carbonyl (C=O) groups is 3. The van der Waals surface area contributed by atoms with Crippen molar-refractivity contribution in [2.45, 2.75) is 23.5 Å². The molecular formula is C20H20ClNO5S. The van der Waals surface area contributed by atoms with Gasteiger partial charge in [-0.1, -0.05) is 18.5 Å². The van der Waals surface area contributed by atoms with Crippen molar-refractivity contribution in [3.8, 4) is 0 Å². The summed E-state index contributed by atoms with van der Waals surface area (Å²) < 4.78 is 9.45. The molecule has 28 heavy (non-hydrogen) atoms. The smallest absolute Gasteiger partial charge is 0.339 e. The number of benzene rings is 2. The summed E-state index contributed by atoms with van der Waals surface area (Å²) in [7, 11) is 2.50. The first-order chi connectivity index (χ1) is 13.4. The molecule has 1 atom stereocenters. The molecule has 2 aromatic rings. The molecule has 6 nitrogen and oxygen atoms in total. The lowest BCUT2D eigenvalue weighted by atomic mass is 10.1. The molecule has 1 N–H and O–H groups in total. The molecule has 0 saturated heterocycles. The van der Waals surface area contributed by atoms with E-state index in [0.717, 1.165) is 4.90 Å². The number of thioether (sulfide) groups is 1. The van der Waals surface area contributed by atoms with Gasteiger partial charge < -0.3 is 14.8 Å². The highest BCUT2D eigenvalue weighted by Crippen LogP contribution is 2.28. The van der Waals surface area contributed by atoms with E-state index in [2.05, 4.69) is 5.32 Å². The minimum Gasteiger partial charge on any atom is -0.465 e. The minimum absolute atomic E-state index is 0.148. The maximum atomic E-state index is 12.8. The molecule has 8 heteroatoms. The normalized spacial score (nSPS) is 11.4. The van der Waals surface area contributed by atoms with Gasteiger partial charge in [-0.25, -0.2) is 9.59 Å². The van der Waals surface area contributed by atoms with Crippen LogP contribution in [0.25, 0.3) is 0 Å². The number of amides is 1. The first-order valence-electron chi connectivity index (χ1n) is 8.43. The van der Waals surface area contributed by atoms with Gasteiger partial charge >= 0.3 is 11.9 Å². The van der Waals surface area contributed by atoms with Crippen LogP contribution in [0.3, 0.4) is 0 Å². The predicted molar refractivity (Wildman–Crippen MR) is 109 cm³/mol. The number of hydrogen-bond acceptors (Lipinski definition) is 6. The van der Waals surface area contributed by atoms with Gasteiger partial charge in [-0.15, -0.1) is 11.8 Å². The third-order valence-electron chi connectivity index (χ3n) is 3.86.